The van der Waals surface area contributed by atoms with E-state index in [1.807, 2.05) is 43.1 Å². The summed E-state index contributed by atoms with van der Waals surface area (Å²) in [5.41, 5.74) is 8.51. The average molecular weight is 272 g/mol. The van der Waals surface area contributed by atoms with Crippen molar-refractivity contribution < 1.29 is 0 Å². The summed E-state index contributed by atoms with van der Waals surface area (Å²) in [7, 11) is 1.94. The van der Waals surface area contributed by atoms with Crippen molar-refractivity contribution in [3.8, 4) is 0 Å². The van der Waals surface area contributed by atoms with Gasteiger partial charge in [0.2, 0.25) is 0 Å². The van der Waals surface area contributed by atoms with Gasteiger partial charge in [0.15, 0.2) is 0 Å². The highest BCUT2D eigenvalue weighted by Crippen LogP contribution is 2.10. The highest BCUT2D eigenvalue weighted by atomic mass is 16.1. The van der Waals surface area contributed by atoms with Crippen LogP contribution >= 0.6 is 0 Å². The molecule has 5 nitrogen and oxygen atoms in total. The predicted octanol–water partition coefficient (Wildman–Crippen LogP) is 1.21. The Balaban J connectivity index is 2.28. The largest absolute Gasteiger partial charge is 0.373 e. The van der Waals surface area contributed by atoms with Crippen LogP contribution in [0.3, 0.4) is 0 Å². The minimum atomic E-state index is -0.102. The normalized spacial score (nSPS) is 10.6. The summed E-state index contributed by atoms with van der Waals surface area (Å²) in [4.78, 5) is 14.1. The van der Waals surface area contributed by atoms with Crippen molar-refractivity contribution in [3.05, 3.63) is 58.0 Å². The van der Waals surface area contributed by atoms with Crippen LogP contribution in [-0.2, 0) is 13.1 Å². The molecule has 2 rings (SSSR count). The van der Waals surface area contributed by atoms with E-state index in [-0.39, 0.29) is 5.56 Å². The van der Waals surface area contributed by atoms with Crippen LogP contribution in [0, 0.1) is 0 Å². The molecule has 0 aliphatic heterocycles. The van der Waals surface area contributed by atoms with Crippen molar-refractivity contribution in [2.24, 2.45) is 5.73 Å². The topological polar surface area (TPSA) is 64.2 Å². The van der Waals surface area contributed by atoms with E-state index in [1.165, 1.54) is 4.68 Å². The molecule has 0 aliphatic rings. The smallest absolute Gasteiger partial charge is 0.269 e. The van der Waals surface area contributed by atoms with Crippen LogP contribution in [0.2, 0.25) is 0 Å². The summed E-state index contributed by atoms with van der Waals surface area (Å²) in [5, 5.41) is 4.24. The van der Waals surface area contributed by atoms with E-state index in [1.54, 1.807) is 12.3 Å². The number of rotatable bonds is 5. The first-order valence-corrected chi connectivity index (χ1v) is 6.71. The molecule has 1 aromatic carbocycles. The maximum Gasteiger partial charge on any atom is 0.269 e. The summed E-state index contributed by atoms with van der Waals surface area (Å²) in [6.07, 6.45) is 1.72. The number of nitrogens with two attached hydrogens (primary N) is 1. The summed E-state index contributed by atoms with van der Waals surface area (Å²) in [6, 6.07) is 9.45. The molecule has 0 bridgehead atoms. The van der Waals surface area contributed by atoms with Gasteiger partial charge in [-0.15, -0.1) is 0 Å². The van der Waals surface area contributed by atoms with Crippen LogP contribution in [0.15, 0.2) is 41.3 Å². The van der Waals surface area contributed by atoms with Crippen molar-refractivity contribution in [2.45, 2.75) is 20.0 Å². The van der Waals surface area contributed by atoms with Crippen molar-refractivity contribution in [1.29, 1.82) is 0 Å². The Hall–Kier alpha value is -2.14. The minimum absolute atomic E-state index is 0.102. The second-order valence-electron chi connectivity index (χ2n) is 4.70. The van der Waals surface area contributed by atoms with Gasteiger partial charge in [-0.2, -0.15) is 5.10 Å². The maximum absolute atomic E-state index is 12.1. The molecule has 0 unspecified atom stereocenters. The predicted molar refractivity (Wildman–Crippen MR) is 80.9 cm³/mol. The molecular formula is C15H20N4O. The van der Waals surface area contributed by atoms with E-state index in [2.05, 4.69) is 5.10 Å². The standard InChI is InChI=1S/C15H20N4O/c1-3-18(2)14-8-15(20)19(17-10-14)11-13-7-5-4-6-12(13)9-16/h4-8,10H,3,9,11,16H2,1-2H3. The van der Waals surface area contributed by atoms with Crippen LogP contribution in [-0.4, -0.2) is 23.4 Å². The van der Waals surface area contributed by atoms with Gasteiger partial charge in [0.25, 0.3) is 5.56 Å². The van der Waals surface area contributed by atoms with Gasteiger partial charge in [0.1, 0.15) is 0 Å². The monoisotopic (exact) mass is 272 g/mol. The van der Waals surface area contributed by atoms with Gasteiger partial charge in [0, 0.05) is 26.2 Å². The zero-order chi connectivity index (χ0) is 14.5. The summed E-state index contributed by atoms with van der Waals surface area (Å²) in [6.45, 7) is 3.77. The molecule has 0 radical (unpaired) electrons. The van der Waals surface area contributed by atoms with Crippen LogP contribution in [0.25, 0.3) is 0 Å². The molecule has 2 N–H and O–H groups in total. The van der Waals surface area contributed by atoms with E-state index in [0.717, 1.165) is 23.4 Å². The molecule has 0 atom stereocenters. The van der Waals surface area contributed by atoms with Crippen LogP contribution in [0.4, 0.5) is 5.69 Å². The third-order valence-electron chi connectivity index (χ3n) is 3.43. The van der Waals surface area contributed by atoms with E-state index >= 15 is 0 Å². The molecule has 1 aromatic heterocycles. The van der Waals surface area contributed by atoms with Crippen molar-refractivity contribution in [2.75, 3.05) is 18.5 Å². The van der Waals surface area contributed by atoms with Gasteiger partial charge in [-0.05, 0) is 18.1 Å². The summed E-state index contributed by atoms with van der Waals surface area (Å²) < 4.78 is 1.46. The highest BCUT2D eigenvalue weighted by molar-refractivity contribution is 5.41. The molecule has 20 heavy (non-hydrogen) atoms. The van der Waals surface area contributed by atoms with Gasteiger partial charge < -0.3 is 10.6 Å². The molecular weight excluding hydrogens is 252 g/mol. The molecule has 0 spiro atoms. The lowest BCUT2D eigenvalue weighted by molar-refractivity contribution is 0.633. The van der Waals surface area contributed by atoms with Crippen LogP contribution in [0.1, 0.15) is 18.1 Å². The van der Waals surface area contributed by atoms with E-state index in [9.17, 15) is 4.79 Å². The first kappa shape index (κ1) is 14.3. The second kappa shape index (κ2) is 6.34. The average Bonchev–Trinajstić information content (AvgIpc) is 2.49. The Kier molecular flexibility index (Phi) is 4.53. The first-order valence-electron chi connectivity index (χ1n) is 6.71. The molecule has 0 saturated heterocycles. The lowest BCUT2D eigenvalue weighted by Gasteiger charge is -2.16. The number of hydrogen-bond donors (Lipinski definition) is 1. The second-order valence-corrected chi connectivity index (χ2v) is 4.70. The minimum Gasteiger partial charge on any atom is -0.373 e. The van der Waals surface area contributed by atoms with Crippen LogP contribution < -0.4 is 16.2 Å². The van der Waals surface area contributed by atoms with Crippen LogP contribution in [0.5, 0.6) is 0 Å². The highest BCUT2D eigenvalue weighted by Gasteiger charge is 2.06. The van der Waals surface area contributed by atoms with Crippen molar-refractivity contribution in [1.82, 2.24) is 9.78 Å². The van der Waals surface area contributed by atoms with Gasteiger partial charge in [-0.1, -0.05) is 24.3 Å². The number of anilines is 1. The fourth-order valence-corrected chi connectivity index (χ4v) is 2.01. The Morgan fingerprint density at radius 3 is 2.60 bits per heavy atom. The molecule has 0 aliphatic carbocycles. The molecule has 1 heterocycles. The SMILES string of the molecule is CCN(C)c1cnn(Cc2ccccc2CN)c(=O)c1. The Morgan fingerprint density at radius 2 is 2.00 bits per heavy atom. The molecule has 5 heteroatoms. The molecule has 0 fully saturated rings. The van der Waals surface area contributed by atoms with E-state index in [4.69, 9.17) is 5.73 Å². The van der Waals surface area contributed by atoms with Gasteiger partial charge in [0.05, 0.1) is 18.4 Å². The lowest BCUT2D eigenvalue weighted by Crippen LogP contribution is -2.26. The number of nitrogens with zero attached hydrogens (tertiary/aromatic N) is 3. The Morgan fingerprint density at radius 1 is 1.30 bits per heavy atom. The lowest BCUT2D eigenvalue weighted by atomic mass is 10.1. The number of aromatic nitrogens is 2. The fraction of sp³-hybridized carbons (Fsp3) is 0.333. The number of benzene rings is 1. The zero-order valence-corrected chi connectivity index (χ0v) is 11.9. The summed E-state index contributed by atoms with van der Waals surface area (Å²) in [5.74, 6) is 0. The maximum atomic E-state index is 12.1. The third kappa shape index (κ3) is 3.05. The summed E-state index contributed by atoms with van der Waals surface area (Å²) >= 11 is 0. The van der Waals surface area contributed by atoms with Gasteiger partial charge in [-0.25, -0.2) is 4.68 Å². The molecule has 106 valence electrons. The Bertz CT molecular complexity index is 636. The quantitative estimate of drug-likeness (QED) is 0.888. The van der Waals surface area contributed by atoms with E-state index in [0.29, 0.717) is 13.1 Å². The van der Waals surface area contributed by atoms with Crippen molar-refractivity contribution >= 4 is 5.69 Å². The first-order chi connectivity index (χ1) is 9.65. The fourth-order valence-electron chi connectivity index (χ4n) is 2.01. The van der Waals surface area contributed by atoms with Crippen molar-refractivity contribution in [3.63, 3.8) is 0 Å². The zero-order valence-electron chi connectivity index (χ0n) is 11.9. The van der Waals surface area contributed by atoms with E-state index < -0.39 is 0 Å². The molecule has 2 aromatic rings. The van der Waals surface area contributed by atoms with Gasteiger partial charge >= 0.3 is 0 Å². The number of hydrogen-bond acceptors (Lipinski definition) is 4. The van der Waals surface area contributed by atoms with Gasteiger partial charge in [-0.3, -0.25) is 4.79 Å². The Labute approximate surface area is 118 Å². The third-order valence-corrected chi connectivity index (χ3v) is 3.43. The molecule has 0 saturated carbocycles. The molecule has 0 amide bonds.